The molecule has 0 radical (unpaired) electrons. The van der Waals surface area contributed by atoms with Crippen molar-refractivity contribution in [2.24, 2.45) is 17.8 Å². The molecule has 0 spiro atoms. The average Bonchev–Trinajstić information content (AvgIpc) is 3.78. The molecule has 0 bridgehead atoms. The maximum Gasteiger partial charge on any atom is 0.410 e. The number of nitrogens with zero attached hydrogens (tertiary/aromatic N) is 3. The molecule has 1 aromatic carbocycles. The average molecular weight is 629 g/mol. The number of anilines is 2. The lowest BCUT2D eigenvalue weighted by molar-refractivity contribution is -0.132. The fourth-order valence-electron chi connectivity index (χ4n) is 6.14. The van der Waals surface area contributed by atoms with Crippen molar-refractivity contribution in [3.05, 3.63) is 18.2 Å². The van der Waals surface area contributed by atoms with Crippen molar-refractivity contribution in [3.8, 4) is 5.75 Å². The maximum atomic E-state index is 14.4. The molecule has 4 amide bonds. The summed E-state index contributed by atoms with van der Waals surface area (Å²) in [6, 6.07) is 5.30. The highest BCUT2D eigenvalue weighted by Gasteiger charge is 2.45. The first-order valence-electron chi connectivity index (χ1n) is 16.3. The molecule has 1 unspecified atom stereocenters. The Labute approximate surface area is 267 Å². The van der Waals surface area contributed by atoms with Crippen molar-refractivity contribution < 1.29 is 33.4 Å². The topological polar surface area (TPSA) is 118 Å². The van der Waals surface area contributed by atoms with Gasteiger partial charge in [-0.25, -0.2) is 4.79 Å². The van der Waals surface area contributed by atoms with Crippen molar-refractivity contribution in [3.63, 3.8) is 0 Å². The SMILES string of the molecule is CCOCC(CC(C)C)NC(=O)[C@H]1C[C@@H](C(=O)N(c2ccc3c(c2)N(C)C(=O)C(C)(C)O3)C2CC2)CN(C(=O)OC(C)(C)C)C1. The molecule has 3 aliphatic rings. The van der Waals surface area contributed by atoms with E-state index in [0.717, 1.165) is 19.3 Å². The van der Waals surface area contributed by atoms with E-state index in [9.17, 15) is 19.2 Å². The highest BCUT2D eigenvalue weighted by atomic mass is 16.6. The van der Waals surface area contributed by atoms with Crippen molar-refractivity contribution in [2.75, 3.05) is 43.2 Å². The third-order valence-electron chi connectivity index (χ3n) is 8.36. The molecule has 3 atom stereocenters. The van der Waals surface area contributed by atoms with Crippen molar-refractivity contribution in [1.82, 2.24) is 10.2 Å². The highest BCUT2D eigenvalue weighted by Crippen LogP contribution is 2.42. The monoisotopic (exact) mass is 628 g/mol. The van der Waals surface area contributed by atoms with Gasteiger partial charge >= 0.3 is 6.09 Å². The van der Waals surface area contributed by atoms with E-state index in [1.807, 2.05) is 19.1 Å². The van der Waals surface area contributed by atoms with E-state index < -0.39 is 29.1 Å². The largest absolute Gasteiger partial charge is 0.476 e. The Hall–Kier alpha value is -3.34. The number of piperidine rings is 1. The molecule has 2 heterocycles. The van der Waals surface area contributed by atoms with E-state index in [1.54, 1.807) is 57.5 Å². The van der Waals surface area contributed by atoms with Gasteiger partial charge in [0.05, 0.1) is 30.2 Å². The molecule has 45 heavy (non-hydrogen) atoms. The van der Waals surface area contributed by atoms with Crippen LogP contribution in [-0.4, -0.2) is 85.4 Å². The third kappa shape index (κ3) is 8.48. The number of rotatable bonds is 10. The number of carbonyl (C=O) groups is 4. The minimum Gasteiger partial charge on any atom is -0.476 e. The molecule has 11 heteroatoms. The molecular weight excluding hydrogens is 576 g/mol. The van der Waals surface area contributed by atoms with E-state index in [1.165, 1.54) is 4.90 Å². The zero-order valence-corrected chi connectivity index (χ0v) is 28.5. The number of nitrogens with one attached hydrogen (secondary N) is 1. The molecule has 1 aliphatic carbocycles. The van der Waals surface area contributed by atoms with Gasteiger partial charge < -0.3 is 34.2 Å². The summed E-state index contributed by atoms with van der Waals surface area (Å²) in [5.41, 5.74) is -0.463. The second-order valence-corrected chi connectivity index (χ2v) is 14.6. The van der Waals surface area contributed by atoms with E-state index in [4.69, 9.17) is 14.2 Å². The summed E-state index contributed by atoms with van der Waals surface area (Å²) in [7, 11) is 1.71. The van der Waals surface area contributed by atoms with Crippen molar-refractivity contribution in [2.45, 2.75) is 104 Å². The predicted octanol–water partition coefficient (Wildman–Crippen LogP) is 4.76. The van der Waals surface area contributed by atoms with E-state index in [0.29, 0.717) is 42.7 Å². The Kier molecular flexibility index (Phi) is 10.4. The number of amides is 4. The van der Waals surface area contributed by atoms with E-state index >= 15 is 0 Å². The van der Waals surface area contributed by atoms with Gasteiger partial charge in [0.1, 0.15) is 11.4 Å². The first-order chi connectivity index (χ1) is 21.0. The van der Waals surface area contributed by atoms with Crippen LogP contribution in [0, 0.1) is 17.8 Å². The molecule has 0 aromatic heterocycles. The summed E-state index contributed by atoms with van der Waals surface area (Å²) in [4.78, 5) is 59.2. The summed E-state index contributed by atoms with van der Waals surface area (Å²) in [5, 5.41) is 3.15. The number of ether oxygens (including phenoxy) is 3. The van der Waals surface area contributed by atoms with Crippen LogP contribution in [0.2, 0.25) is 0 Å². The molecule has 4 rings (SSSR count). The van der Waals surface area contributed by atoms with E-state index in [-0.39, 0.29) is 42.9 Å². The normalized spacial score (nSPS) is 22.0. The molecule has 1 aromatic rings. The van der Waals surface area contributed by atoms with Gasteiger partial charge in [-0.2, -0.15) is 0 Å². The highest BCUT2D eigenvalue weighted by molar-refractivity contribution is 6.03. The molecule has 1 saturated carbocycles. The van der Waals surface area contributed by atoms with Gasteiger partial charge in [-0.3, -0.25) is 14.4 Å². The second kappa shape index (κ2) is 13.6. The van der Waals surface area contributed by atoms with Gasteiger partial charge in [0.25, 0.3) is 5.91 Å². The lowest BCUT2D eigenvalue weighted by atomic mass is 9.87. The number of likely N-dealkylation sites (N-methyl/N-ethyl adjacent to an activating group) is 1. The van der Waals surface area contributed by atoms with Crippen LogP contribution < -0.4 is 19.9 Å². The maximum absolute atomic E-state index is 14.4. The van der Waals surface area contributed by atoms with Crippen LogP contribution >= 0.6 is 0 Å². The first-order valence-corrected chi connectivity index (χ1v) is 16.3. The minimum atomic E-state index is -0.991. The molecular formula is C34H52N4O7. The lowest BCUT2D eigenvalue weighted by Crippen LogP contribution is -2.55. The van der Waals surface area contributed by atoms with Crippen LogP contribution in [0.5, 0.6) is 5.75 Å². The van der Waals surface area contributed by atoms with Gasteiger partial charge in [-0.15, -0.1) is 0 Å². The second-order valence-electron chi connectivity index (χ2n) is 14.6. The summed E-state index contributed by atoms with van der Waals surface area (Å²) < 4.78 is 17.3. The Morgan fingerprint density at radius 2 is 1.80 bits per heavy atom. The quantitative estimate of drug-likeness (QED) is 0.397. The van der Waals surface area contributed by atoms with Gasteiger partial charge in [0.15, 0.2) is 5.60 Å². The fraction of sp³-hybridized carbons (Fsp3) is 0.706. The fourth-order valence-corrected chi connectivity index (χ4v) is 6.14. The zero-order valence-electron chi connectivity index (χ0n) is 28.5. The molecule has 1 N–H and O–H groups in total. The number of fused-ring (bicyclic) bond motifs is 1. The summed E-state index contributed by atoms with van der Waals surface area (Å²) in [6.07, 6.45) is 2.21. The zero-order chi connectivity index (χ0) is 33.3. The Morgan fingerprint density at radius 1 is 1.13 bits per heavy atom. The molecule has 2 fully saturated rings. The number of carbonyl (C=O) groups excluding carboxylic acids is 4. The van der Waals surface area contributed by atoms with Crippen LogP contribution in [0.4, 0.5) is 16.2 Å². The number of hydrogen-bond donors (Lipinski definition) is 1. The molecule has 2 aliphatic heterocycles. The van der Waals surface area contributed by atoms with Crippen molar-refractivity contribution in [1.29, 1.82) is 0 Å². The first kappa shape index (κ1) is 34.5. The summed E-state index contributed by atoms with van der Waals surface area (Å²) >= 11 is 0. The minimum absolute atomic E-state index is 0.00306. The molecule has 1 saturated heterocycles. The number of likely N-dealkylation sites (tertiary alicyclic amines) is 1. The van der Waals surface area contributed by atoms with Crippen LogP contribution in [0.15, 0.2) is 18.2 Å². The Balaban J connectivity index is 1.61. The van der Waals surface area contributed by atoms with Gasteiger partial charge in [0.2, 0.25) is 11.8 Å². The van der Waals surface area contributed by atoms with Gasteiger partial charge in [-0.05, 0) is 91.3 Å². The lowest BCUT2D eigenvalue weighted by Gasteiger charge is -2.40. The number of benzene rings is 1. The van der Waals surface area contributed by atoms with Crippen LogP contribution in [0.25, 0.3) is 0 Å². The van der Waals surface area contributed by atoms with Crippen LogP contribution in [0.1, 0.15) is 81.1 Å². The third-order valence-corrected chi connectivity index (χ3v) is 8.36. The number of hydrogen-bond acceptors (Lipinski definition) is 7. The van der Waals surface area contributed by atoms with Crippen molar-refractivity contribution >= 4 is 35.2 Å². The summed E-state index contributed by atoms with van der Waals surface area (Å²) in [5.74, 6) is -0.817. The van der Waals surface area contributed by atoms with Crippen LogP contribution in [-0.2, 0) is 23.9 Å². The molecule has 11 nitrogen and oxygen atoms in total. The van der Waals surface area contributed by atoms with Gasteiger partial charge in [-0.1, -0.05) is 13.8 Å². The van der Waals surface area contributed by atoms with Crippen LogP contribution in [0.3, 0.4) is 0 Å². The Bertz CT molecular complexity index is 1270. The Morgan fingerprint density at radius 3 is 2.40 bits per heavy atom. The smallest absolute Gasteiger partial charge is 0.410 e. The standard InChI is InChI=1S/C34H52N4O7/c1-10-43-20-24(15-21(2)3)35-29(39)22-16-23(19-37(18-22)32(42)45-33(4,5)6)30(40)38(25-11-12-25)26-13-14-28-27(17-26)36(9)31(41)34(7,8)44-28/h13-14,17,21-25H,10-12,15-16,18-20H2,1-9H3,(H,35,39)/t22-,23+,24?/m0/s1. The predicted molar refractivity (Wildman–Crippen MR) is 172 cm³/mol. The molecule has 250 valence electrons. The van der Waals surface area contributed by atoms with E-state index in [2.05, 4.69) is 19.2 Å². The van der Waals surface area contributed by atoms with Gasteiger partial charge in [0, 0.05) is 38.5 Å². The summed E-state index contributed by atoms with van der Waals surface area (Å²) in [6.45, 7) is 16.2.